The Hall–Kier alpha value is -0.160. The summed E-state index contributed by atoms with van der Waals surface area (Å²) in [6.45, 7) is 7.70. The van der Waals surface area contributed by atoms with Crippen LogP contribution in [0.3, 0.4) is 0 Å². The second-order valence-electron chi connectivity index (χ2n) is 5.83. The molecule has 1 saturated heterocycles. The lowest BCUT2D eigenvalue weighted by Crippen LogP contribution is -2.66. The number of aliphatic hydroxyl groups excluding tert-OH is 1. The molecule has 4 nitrogen and oxygen atoms in total. The summed E-state index contributed by atoms with van der Waals surface area (Å²) >= 11 is 0. The summed E-state index contributed by atoms with van der Waals surface area (Å²) in [6, 6.07) is 0.604. The Balaban J connectivity index is 1.80. The molecule has 1 aliphatic heterocycles. The van der Waals surface area contributed by atoms with Crippen molar-refractivity contribution in [3.63, 3.8) is 0 Å². The first-order valence-electron chi connectivity index (χ1n) is 6.59. The lowest BCUT2D eigenvalue weighted by Gasteiger charge is -2.58. The number of aliphatic hydroxyl groups is 1. The van der Waals surface area contributed by atoms with Crippen LogP contribution in [0.4, 0.5) is 0 Å². The Bertz CT molecular complexity index is 257. The molecule has 1 aliphatic carbocycles. The highest BCUT2D eigenvalue weighted by atomic mass is 16.5. The molecule has 2 fully saturated rings. The summed E-state index contributed by atoms with van der Waals surface area (Å²) in [5.74, 6) is 0.702. The van der Waals surface area contributed by atoms with Gasteiger partial charge in [-0.3, -0.25) is 0 Å². The third kappa shape index (κ3) is 2.36. The van der Waals surface area contributed by atoms with E-state index in [2.05, 4.69) is 25.8 Å². The van der Waals surface area contributed by atoms with E-state index in [1.54, 1.807) is 0 Å². The topological polar surface area (TPSA) is 41.9 Å². The maximum Gasteiger partial charge on any atom is 0.0698 e. The fourth-order valence-corrected chi connectivity index (χ4v) is 3.71. The van der Waals surface area contributed by atoms with Crippen LogP contribution in [0, 0.1) is 11.3 Å². The number of hydrogen-bond donors (Lipinski definition) is 1. The van der Waals surface area contributed by atoms with E-state index in [0.717, 1.165) is 13.2 Å². The largest absolute Gasteiger partial charge is 0.394 e. The number of hydrogen-bond acceptors (Lipinski definition) is 4. The van der Waals surface area contributed by atoms with Crippen molar-refractivity contribution >= 4 is 0 Å². The van der Waals surface area contributed by atoms with Gasteiger partial charge in [-0.25, -0.2) is 0 Å². The summed E-state index contributed by atoms with van der Waals surface area (Å²) in [5.41, 5.74) is 0.257. The molecule has 4 heteroatoms. The second kappa shape index (κ2) is 5.22. The average molecular weight is 243 g/mol. The lowest BCUT2D eigenvalue weighted by atomic mass is 9.57. The summed E-state index contributed by atoms with van der Waals surface area (Å²) in [7, 11) is 2.17. The minimum absolute atomic E-state index is 0.108. The fraction of sp³-hybridized carbons (Fsp3) is 1.00. The Morgan fingerprint density at radius 3 is 2.88 bits per heavy atom. The summed E-state index contributed by atoms with van der Waals surface area (Å²) in [6.07, 6.45) is 1.65. The molecule has 0 aromatic rings. The van der Waals surface area contributed by atoms with Crippen LogP contribution in [0.2, 0.25) is 0 Å². The van der Waals surface area contributed by atoms with Crippen LogP contribution in [0.25, 0.3) is 0 Å². The smallest absolute Gasteiger partial charge is 0.0698 e. The molecule has 100 valence electrons. The van der Waals surface area contributed by atoms with E-state index < -0.39 is 0 Å². The van der Waals surface area contributed by atoms with E-state index in [9.17, 15) is 0 Å². The Morgan fingerprint density at radius 1 is 1.41 bits per heavy atom. The highest BCUT2D eigenvalue weighted by Gasteiger charge is 2.60. The van der Waals surface area contributed by atoms with E-state index in [4.69, 9.17) is 14.6 Å². The van der Waals surface area contributed by atoms with Crippen molar-refractivity contribution in [3.8, 4) is 0 Å². The van der Waals surface area contributed by atoms with Gasteiger partial charge in [0.25, 0.3) is 0 Å². The summed E-state index contributed by atoms with van der Waals surface area (Å²) < 4.78 is 11.1. The van der Waals surface area contributed by atoms with Crippen LogP contribution in [-0.2, 0) is 9.47 Å². The van der Waals surface area contributed by atoms with Gasteiger partial charge in [-0.2, -0.15) is 0 Å². The standard InChI is InChI=1S/C13H25NO3/c1-13(2)11(10-4-7-17-12(10)13)14(3)5-8-16-9-6-15/h10-12,15H,4-9H2,1-3H3/t10-,11-,12+/m1/s1. The van der Waals surface area contributed by atoms with Crippen LogP contribution < -0.4 is 0 Å². The summed E-state index contributed by atoms with van der Waals surface area (Å²) in [5, 5.41) is 8.65. The van der Waals surface area contributed by atoms with Crippen LogP contribution >= 0.6 is 0 Å². The van der Waals surface area contributed by atoms with Gasteiger partial charge >= 0.3 is 0 Å². The number of likely N-dealkylation sites (N-methyl/N-ethyl adjacent to an activating group) is 1. The maximum atomic E-state index is 8.65. The first-order chi connectivity index (χ1) is 8.09. The van der Waals surface area contributed by atoms with Crippen LogP contribution in [0.5, 0.6) is 0 Å². The predicted molar refractivity (Wildman–Crippen MR) is 66.0 cm³/mol. The van der Waals surface area contributed by atoms with Crippen LogP contribution in [-0.4, -0.2) is 62.2 Å². The first kappa shape index (κ1) is 13.3. The molecule has 1 heterocycles. The van der Waals surface area contributed by atoms with Crippen molar-refractivity contribution in [2.24, 2.45) is 11.3 Å². The molecule has 1 N–H and O–H groups in total. The molecular weight excluding hydrogens is 218 g/mol. The molecule has 2 rings (SSSR count). The zero-order chi connectivity index (χ0) is 12.5. The number of ether oxygens (including phenoxy) is 2. The minimum Gasteiger partial charge on any atom is -0.394 e. The molecule has 0 aromatic carbocycles. The Labute approximate surface area is 104 Å². The maximum absolute atomic E-state index is 8.65. The minimum atomic E-state index is 0.108. The van der Waals surface area contributed by atoms with Gasteiger partial charge in [0, 0.05) is 30.5 Å². The Morgan fingerprint density at radius 2 is 2.18 bits per heavy atom. The van der Waals surface area contributed by atoms with Gasteiger partial charge in [0.1, 0.15) is 0 Å². The molecular formula is C13H25NO3. The third-order valence-electron chi connectivity index (χ3n) is 4.34. The molecule has 0 amide bonds. The van der Waals surface area contributed by atoms with E-state index in [-0.39, 0.29) is 12.0 Å². The molecule has 0 bridgehead atoms. The molecule has 1 saturated carbocycles. The van der Waals surface area contributed by atoms with Gasteiger partial charge in [0.2, 0.25) is 0 Å². The number of fused-ring (bicyclic) bond motifs is 1. The average Bonchev–Trinajstić information content (AvgIpc) is 2.70. The first-order valence-corrected chi connectivity index (χ1v) is 6.59. The van der Waals surface area contributed by atoms with Gasteiger partial charge in [0.15, 0.2) is 0 Å². The zero-order valence-electron chi connectivity index (χ0n) is 11.2. The molecule has 0 radical (unpaired) electrons. The monoisotopic (exact) mass is 243 g/mol. The van der Waals surface area contributed by atoms with E-state index in [0.29, 0.717) is 31.3 Å². The van der Waals surface area contributed by atoms with Crippen molar-refractivity contribution in [1.82, 2.24) is 4.90 Å². The van der Waals surface area contributed by atoms with Crippen LogP contribution in [0.15, 0.2) is 0 Å². The highest BCUT2D eigenvalue weighted by molar-refractivity contribution is 5.11. The van der Waals surface area contributed by atoms with Gasteiger partial charge < -0.3 is 19.5 Å². The third-order valence-corrected chi connectivity index (χ3v) is 4.34. The van der Waals surface area contributed by atoms with E-state index in [1.165, 1.54) is 6.42 Å². The molecule has 0 spiro atoms. The van der Waals surface area contributed by atoms with Crippen molar-refractivity contribution in [1.29, 1.82) is 0 Å². The van der Waals surface area contributed by atoms with E-state index >= 15 is 0 Å². The Kier molecular flexibility index (Phi) is 4.08. The number of rotatable bonds is 6. The van der Waals surface area contributed by atoms with Gasteiger partial charge in [-0.15, -0.1) is 0 Å². The summed E-state index contributed by atoms with van der Waals surface area (Å²) in [4.78, 5) is 2.40. The van der Waals surface area contributed by atoms with Gasteiger partial charge in [-0.1, -0.05) is 13.8 Å². The molecule has 2 aliphatic rings. The van der Waals surface area contributed by atoms with Crippen molar-refractivity contribution in [2.75, 3.05) is 40.0 Å². The molecule has 3 atom stereocenters. The zero-order valence-corrected chi connectivity index (χ0v) is 11.2. The van der Waals surface area contributed by atoms with Gasteiger partial charge in [-0.05, 0) is 13.5 Å². The fourth-order valence-electron chi connectivity index (χ4n) is 3.71. The quantitative estimate of drug-likeness (QED) is 0.699. The SMILES string of the molecule is CN(CCOCCO)[C@@H]1[C@H]2CCO[C@@H]2C1(C)C. The molecule has 17 heavy (non-hydrogen) atoms. The van der Waals surface area contributed by atoms with E-state index in [1.807, 2.05) is 0 Å². The van der Waals surface area contributed by atoms with Crippen LogP contribution in [0.1, 0.15) is 20.3 Å². The van der Waals surface area contributed by atoms with Crippen molar-refractivity contribution < 1.29 is 14.6 Å². The normalized spacial score (nSPS) is 34.8. The molecule has 0 unspecified atom stereocenters. The second-order valence-corrected chi connectivity index (χ2v) is 5.83. The lowest BCUT2D eigenvalue weighted by molar-refractivity contribution is -0.151. The van der Waals surface area contributed by atoms with Crippen molar-refractivity contribution in [3.05, 3.63) is 0 Å². The number of nitrogens with zero attached hydrogens (tertiary/aromatic N) is 1. The molecule has 0 aromatic heterocycles. The highest BCUT2D eigenvalue weighted by Crippen LogP contribution is 2.54. The van der Waals surface area contributed by atoms with Gasteiger partial charge in [0.05, 0.1) is 25.9 Å². The van der Waals surface area contributed by atoms with Crippen molar-refractivity contribution in [2.45, 2.75) is 32.4 Å². The predicted octanol–water partition coefficient (Wildman–Crippen LogP) is 0.741.